The summed E-state index contributed by atoms with van der Waals surface area (Å²) < 4.78 is 29.5. The van der Waals surface area contributed by atoms with Crippen LogP contribution in [0.3, 0.4) is 0 Å². The van der Waals surface area contributed by atoms with Gasteiger partial charge in [0.15, 0.2) is 5.82 Å². The van der Waals surface area contributed by atoms with Crippen LogP contribution in [0.4, 0.5) is 0 Å². The summed E-state index contributed by atoms with van der Waals surface area (Å²) in [6.07, 6.45) is 1.21. The molecule has 9 nitrogen and oxygen atoms in total. The number of carbonyl (C=O) groups excluding carboxylic acids is 1. The zero-order chi connectivity index (χ0) is 18.9. The van der Waals surface area contributed by atoms with Gasteiger partial charge >= 0.3 is 0 Å². The summed E-state index contributed by atoms with van der Waals surface area (Å²) in [5.74, 6) is 0.978. The van der Waals surface area contributed by atoms with E-state index in [0.29, 0.717) is 18.7 Å². The van der Waals surface area contributed by atoms with Crippen molar-refractivity contribution in [1.82, 2.24) is 24.8 Å². The monoisotopic (exact) mass is 379 g/mol. The number of nitrogens with zero attached hydrogens (tertiary/aromatic N) is 3. The number of nitrogens with one attached hydrogen (secondary N) is 2. The first-order valence-electron chi connectivity index (χ1n) is 8.19. The number of aromatic nitrogens is 3. The molecule has 0 saturated heterocycles. The van der Waals surface area contributed by atoms with Crippen LogP contribution in [-0.4, -0.2) is 47.3 Å². The molecule has 1 aromatic carbocycles. The fraction of sp³-hybridized carbons (Fsp3) is 0.438. The number of benzene rings is 1. The summed E-state index contributed by atoms with van der Waals surface area (Å²) in [5.41, 5.74) is 0.289. The van der Waals surface area contributed by atoms with Crippen LogP contribution in [0.15, 0.2) is 29.2 Å². The van der Waals surface area contributed by atoms with Crippen LogP contribution in [0.25, 0.3) is 0 Å². The van der Waals surface area contributed by atoms with Gasteiger partial charge in [0, 0.05) is 31.6 Å². The van der Waals surface area contributed by atoms with E-state index in [1.807, 2.05) is 0 Å². The molecule has 0 bridgehead atoms. The highest BCUT2D eigenvalue weighted by atomic mass is 32.2. The van der Waals surface area contributed by atoms with Gasteiger partial charge in [0.25, 0.3) is 5.91 Å². The fourth-order valence-corrected chi connectivity index (χ4v) is 4.34. The Balaban J connectivity index is 1.66. The van der Waals surface area contributed by atoms with Gasteiger partial charge in [-0.2, -0.15) is 0 Å². The Kier molecular flexibility index (Phi) is 5.08. The topological polar surface area (TPSA) is 126 Å². The third-order valence-corrected chi connectivity index (χ3v) is 6.12. The maximum Gasteiger partial charge on any atom is 0.251 e. The largest absolute Gasteiger partial charge is 0.388 e. The van der Waals surface area contributed by atoms with Gasteiger partial charge in [-0.1, -0.05) is 6.07 Å². The molecule has 0 radical (unpaired) electrons. The molecular formula is C16H21N5O4S. The lowest BCUT2D eigenvalue weighted by atomic mass is 9.80. The SMILES string of the molecule is CNC(=O)c1cccc(S(=O)(=O)NC2CC(c3nnc(CO)n3C)C2)c1. The Hall–Kier alpha value is -2.30. The van der Waals surface area contributed by atoms with Crippen molar-refractivity contribution in [2.75, 3.05) is 7.05 Å². The van der Waals surface area contributed by atoms with Crippen LogP contribution in [-0.2, 0) is 23.7 Å². The zero-order valence-corrected chi connectivity index (χ0v) is 15.3. The van der Waals surface area contributed by atoms with Gasteiger partial charge in [0.2, 0.25) is 10.0 Å². The first kappa shape index (κ1) is 18.5. The summed E-state index contributed by atoms with van der Waals surface area (Å²) >= 11 is 0. The van der Waals surface area contributed by atoms with E-state index in [4.69, 9.17) is 0 Å². The smallest absolute Gasteiger partial charge is 0.251 e. The molecule has 1 saturated carbocycles. The number of aliphatic hydroxyl groups is 1. The lowest BCUT2D eigenvalue weighted by molar-refractivity contribution is 0.0963. The summed E-state index contributed by atoms with van der Waals surface area (Å²) in [6, 6.07) is 5.71. The first-order valence-corrected chi connectivity index (χ1v) is 9.67. The number of hydrogen-bond acceptors (Lipinski definition) is 6. The highest BCUT2D eigenvalue weighted by Crippen LogP contribution is 2.36. The third-order valence-electron chi connectivity index (χ3n) is 4.60. The number of rotatable bonds is 6. The molecule has 1 aromatic heterocycles. The van der Waals surface area contributed by atoms with Crippen molar-refractivity contribution < 1.29 is 18.3 Å². The number of aliphatic hydroxyl groups excluding tert-OH is 1. The average Bonchev–Trinajstić information content (AvgIpc) is 2.97. The second-order valence-electron chi connectivity index (χ2n) is 6.29. The number of sulfonamides is 1. The summed E-state index contributed by atoms with van der Waals surface area (Å²) in [5, 5.41) is 19.6. The summed E-state index contributed by atoms with van der Waals surface area (Å²) in [6.45, 7) is -0.187. The molecule has 1 fully saturated rings. The van der Waals surface area contributed by atoms with Crippen molar-refractivity contribution in [3.63, 3.8) is 0 Å². The minimum atomic E-state index is -3.71. The van der Waals surface area contributed by atoms with Crippen LogP contribution in [0.5, 0.6) is 0 Å². The van der Waals surface area contributed by atoms with Gasteiger partial charge in [0.1, 0.15) is 12.4 Å². The minimum Gasteiger partial charge on any atom is -0.388 e. The molecule has 0 unspecified atom stereocenters. The average molecular weight is 379 g/mol. The van der Waals surface area contributed by atoms with Gasteiger partial charge in [-0.25, -0.2) is 13.1 Å². The highest BCUT2D eigenvalue weighted by Gasteiger charge is 2.36. The standard InChI is InChI=1S/C16H21N5O4S/c1-17-16(23)10-4-3-5-13(8-10)26(24,25)20-12-6-11(7-12)15-19-18-14(9-22)21(15)2/h3-5,8,11-12,20,22H,6-7,9H2,1-2H3,(H,17,23). The second-order valence-corrected chi connectivity index (χ2v) is 8.00. The van der Waals surface area contributed by atoms with Crippen molar-refractivity contribution >= 4 is 15.9 Å². The van der Waals surface area contributed by atoms with Crippen LogP contribution in [0.1, 0.15) is 40.8 Å². The van der Waals surface area contributed by atoms with E-state index in [9.17, 15) is 18.3 Å². The van der Waals surface area contributed by atoms with Crippen molar-refractivity contribution in [2.24, 2.45) is 7.05 Å². The van der Waals surface area contributed by atoms with Crippen LogP contribution in [0.2, 0.25) is 0 Å². The van der Waals surface area contributed by atoms with E-state index < -0.39 is 10.0 Å². The molecule has 0 aliphatic heterocycles. The Labute approximate surface area is 151 Å². The molecule has 10 heteroatoms. The van der Waals surface area contributed by atoms with E-state index in [0.717, 1.165) is 5.82 Å². The first-order chi connectivity index (χ1) is 12.4. The molecule has 140 valence electrons. The van der Waals surface area contributed by atoms with E-state index in [1.165, 1.54) is 19.2 Å². The molecule has 3 rings (SSSR count). The molecule has 1 amide bonds. The minimum absolute atomic E-state index is 0.0586. The summed E-state index contributed by atoms with van der Waals surface area (Å²) in [7, 11) is -0.441. The molecule has 1 aliphatic carbocycles. The number of hydrogen-bond donors (Lipinski definition) is 3. The van der Waals surface area contributed by atoms with Gasteiger partial charge in [0.05, 0.1) is 4.90 Å². The molecule has 2 aromatic rings. The van der Waals surface area contributed by atoms with Crippen molar-refractivity contribution in [3.05, 3.63) is 41.5 Å². The maximum absolute atomic E-state index is 12.6. The molecule has 0 spiro atoms. The Morgan fingerprint density at radius 1 is 1.35 bits per heavy atom. The lowest BCUT2D eigenvalue weighted by Gasteiger charge is -2.34. The van der Waals surface area contributed by atoms with Gasteiger partial charge in [-0.15, -0.1) is 10.2 Å². The van der Waals surface area contributed by atoms with E-state index in [2.05, 4.69) is 20.2 Å². The van der Waals surface area contributed by atoms with E-state index in [-0.39, 0.29) is 34.9 Å². The molecular weight excluding hydrogens is 358 g/mol. The maximum atomic E-state index is 12.6. The number of carbonyl (C=O) groups is 1. The predicted octanol–water partition coefficient (Wildman–Crippen LogP) is -0.108. The number of amides is 1. The van der Waals surface area contributed by atoms with E-state index in [1.54, 1.807) is 23.7 Å². The van der Waals surface area contributed by atoms with Gasteiger partial charge in [-0.3, -0.25) is 4.79 Å². The van der Waals surface area contributed by atoms with Crippen LogP contribution in [0, 0.1) is 0 Å². The van der Waals surface area contributed by atoms with Gasteiger partial charge < -0.3 is 15.0 Å². The third kappa shape index (κ3) is 3.48. The summed E-state index contributed by atoms with van der Waals surface area (Å²) in [4.78, 5) is 11.7. The Morgan fingerprint density at radius 2 is 2.08 bits per heavy atom. The highest BCUT2D eigenvalue weighted by molar-refractivity contribution is 7.89. The van der Waals surface area contributed by atoms with E-state index >= 15 is 0 Å². The lowest BCUT2D eigenvalue weighted by Crippen LogP contribution is -2.43. The quantitative estimate of drug-likeness (QED) is 0.643. The predicted molar refractivity (Wildman–Crippen MR) is 92.8 cm³/mol. The molecule has 26 heavy (non-hydrogen) atoms. The molecule has 0 atom stereocenters. The Bertz CT molecular complexity index is 918. The molecule has 3 N–H and O–H groups in total. The van der Waals surface area contributed by atoms with Gasteiger partial charge in [-0.05, 0) is 31.0 Å². The van der Waals surface area contributed by atoms with Crippen LogP contribution < -0.4 is 10.0 Å². The Morgan fingerprint density at radius 3 is 2.69 bits per heavy atom. The normalized spacial score (nSPS) is 19.8. The van der Waals surface area contributed by atoms with Crippen LogP contribution >= 0.6 is 0 Å². The second kappa shape index (κ2) is 7.14. The van der Waals surface area contributed by atoms with Crippen molar-refractivity contribution in [3.8, 4) is 0 Å². The van der Waals surface area contributed by atoms with Crippen molar-refractivity contribution in [2.45, 2.75) is 36.3 Å². The fourth-order valence-electron chi connectivity index (χ4n) is 3.03. The molecule has 1 heterocycles. The zero-order valence-electron chi connectivity index (χ0n) is 14.5. The molecule has 1 aliphatic rings. The van der Waals surface area contributed by atoms with Crippen molar-refractivity contribution in [1.29, 1.82) is 0 Å².